The molecule has 152 valence electrons. The summed E-state index contributed by atoms with van der Waals surface area (Å²) in [4.78, 5) is 24.2. The molecule has 0 aliphatic rings. The smallest absolute Gasteiger partial charge is 0.328 e. The van der Waals surface area contributed by atoms with Gasteiger partial charge in [0.15, 0.2) is 0 Å². The van der Waals surface area contributed by atoms with Crippen molar-refractivity contribution in [3.63, 3.8) is 0 Å². The monoisotopic (exact) mass is 405 g/mol. The Morgan fingerprint density at radius 2 is 1.86 bits per heavy atom. The Labute approximate surface area is 169 Å². The van der Waals surface area contributed by atoms with Gasteiger partial charge in [-0.2, -0.15) is 4.68 Å². The molecule has 0 bridgehead atoms. The molecule has 1 aromatic carbocycles. The third-order valence-electron chi connectivity index (χ3n) is 4.11. The molecule has 0 unspecified atom stereocenters. The van der Waals surface area contributed by atoms with E-state index in [4.69, 9.17) is 4.74 Å². The maximum absolute atomic E-state index is 12.3. The molecule has 9 heteroatoms. The molecule has 2 aromatic rings. The van der Waals surface area contributed by atoms with Gasteiger partial charge in [-0.1, -0.05) is 51.6 Å². The predicted molar refractivity (Wildman–Crippen MR) is 107 cm³/mol. The Kier molecular flexibility index (Phi) is 7.98. The van der Waals surface area contributed by atoms with Crippen LogP contribution in [0.1, 0.15) is 45.6 Å². The second-order valence-electron chi connectivity index (χ2n) is 7.18. The van der Waals surface area contributed by atoms with Crippen LogP contribution in [0.4, 0.5) is 0 Å². The zero-order valence-electron chi connectivity index (χ0n) is 16.9. The van der Waals surface area contributed by atoms with Gasteiger partial charge in [-0.3, -0.25) is 4.79 Å². The second-order valence-corrected chi connectivity index (χ2v) is 8.12. The highest BCUT2D eigenvalue weighted by atomic mass is 32.2. The van der Waals surface area contributed by atoms with E-state index in [2.05, 4.69) is 34.7 Å². The minimum Gasteiger partial charge on any atom is -0.467 e. The summed E-state index contributed by atoms with van der Waals surface area (Å²) in [5, 5.41) is 14.9. The van der Waals surface area contributed by atoms with Gasteiger partial charge in [-0.05, 0) is 46.4 Å². The maximum Gasteiger partial charge on any atom is 0.328 e. The number of methoxy groups -OCH3 is 1. The number of amides is 1. The van der Waals surface area contributed by atoms with Gasteiger partial charge in [0.05, 0.1) is 18.6 Å². The van der Waals surface area contributed by atoms with Gasteiger partial charge in [0, 0.05) is 0 Å². The molecule has 2 rings (SSSR count). The van der Waals surface area contributed by atoms with E-state index in [-0.39, 0.29) is 17.6 Å². The van der Waals surface area contributed by atoms with Crippen molar-refractivity contribution >= 4 is 23.6 Å². The first-order valence-corrected chi connectivity index (χ1v) is 10.2. The highest BCUT2D eigenvalue weighted by Gasteiger charge is 2.23. The van der Waals surface area contributed by atoms with Crippen molar-refractivity contribution in [2.75, 3.05) is 12.9 Å². The lowest BCUT2D eigenvalue weighted by Gasteiger charge is -2.18. The highest BCUT2D eigenvalue weighted by molar-refractivity contribution is 7.99. The van der Waals surface area contributed by atoms with Crippen molar-refractivity contribution in [2.45, 2.75) is 51.2 Å². The third-order valence-corrected chi connectivity index (χ3v) is 5.02. The molecule has 28 heavy (non-hydrogen) atoms. The average molecular weight is 406 g/mol. The number of tetrazole rings is 1. The minimum absolute atomic E-state index is 0.0933. The van der Waals surface area contributed by atoms with Crippen molar-refractivity contribution in [1.82, 2.24) is 25.5 Å². The van der Waals surface area contributed by atoms with E-state index < -0.39 is 12.0 Å². The molecule has 1 aromatic heterocycles. The van der Waals surface area contributed by atoms with Gasteiger partial charge >= 0.3 is 5.97 Å². The number of nitrogens with one attached hydrogen (secondary N) is 1. The summed E-state index contributed by atoms with van der Waals surface area (Å²) in [5.74, 6) is 0.0656. The highest BCUT2D eigenvalue weighted by Crippen LogP contribution is 2.21. The Morgan fingerprint density at radius 3 is 2.43 bits per heavy atom. The van der Waals surface area contributed by atoms with Gasteiger partial charge in [0.25, 0.3) is 0 Å². The van der Waals surface area contributed by atoms with Gasteiger partial charge in [-0.15, -0.1) is 5.10 Å². The molecular weight excluding hydrogens is 378 g/mol. The van der Waals surface area contributed by atoms with Crippen LogP contribution in [0.15, 0.2) is 29.4 Å². The van der Waals surface area contributed by atoms with Gasteiger partial charge in [0.1, 0.15) is 6.04 Å². The molecule has 0 aliphatic heterocycles. The fourth-order valence-electron chi connectivity index (χ4n) is 2.63. The van der Waals surface area contributed by atoms with Crippen LogP contribution in [0, 0.1) is 5.92 Å². The van der Waals surface area contributed by atoms with Crippen molar-refractivity contribution in [3.05, 3.63) is 29.8 Å². The van der Waals surface area contributed by atoms with E-state index in [1.165, 1.54) is 24.4 Å². The number of ether oxygens (including phenoxy) is 1. The summed E-state index contributed by atoms with van der Waals surface area (Å²) < 4.78 is 6.36. The predicted octanol–water partition coefficient (Wildman–Crippen LogP) is 2.58. The molecule has 0 fully saturated rings. The summed E-state index contributed by atoms with van der Waals surface area (Å²) >= 11 is 1.21. The lowest BCUT2D eigenvalue weighted by molar-refractivity contribution is -0.145. The number of rotatable bonds is 9. The average Bonchev–Trinajstić information content (AvgIpc) is 3.13. The Morgan fingerprint density at radius 1 is 1.18 bits per heavy atom. The first kappa shape index (κ1) is 21.9. The van der Waals surface area contributed by atoms with Crippen LogP contribution in [0.3, 0.4) is 0 Å². The molecular formula is C19H27N5O3S. The van der Waals surface area contributed by atoms with E-state index in [0.717, 1.165) is 5.69 Å². The van der Waals surface area contributed by atoms with Crippen molar-refractivity contribution < 1.29 is 14.3 Å². The van der Waals surface area contributed by atoms with Crippen LogP contribution in [-0.2, 0) is 14.3 Å². The lowest BCUT2D eigenvalue weighted by atomic mass is 10.0. The summed E-state index contributed by atoms with van der Waals surface area (Å²) in [5.41, 5.74) is 2.05. The lowest BCUT2D eigenvalue weighted by Crippen LogP contribution is -2.43. The third kappa shape index (κ3) is 6.05. The first-order chi connectivity index (χ1) is 13.3. The van der Waals surface area contributed by atoms with E-state index >= 15 is 0 Å². The largest absolute Gasteiger partial charge is 0.467 e. The Bertz CT molecular complexity index is 789. The molecule has 0 aliphatic carbocycles. The topological polar surface area (TPSA) is 99.0 Å². The number of carbonyl (C=O) groups excluding carboxylic acids is 2. The van der Waals surface area contributed by atoms with Crippen LogP contribution >= 0.6 is 11.8 Å². The number of benzene rings is 1. The molecule has 1 atom stereocenters. The molecule has 1 amide bonds. The Hall–Kier alpha value is -2.42. The Balaban J connectivity index is 2.00. The fourth-order valence-corrected chi connectivity index (χ4v) is 3.33. The number of esters is 1. The van der Waals surface area contributed by atoms with Gasteiger partial charge in [-0.25, -0.2) is 4.79 Å². The summed E-state index contributed by atoms with van der Waals surface area (Å²) in [6, 6.07) is 7.32. The molecule has 0 spiro atoms. The number of nitrogens with zero attached hydrogens (tertiary/aromatic N) is 4. The van der Waals surface area contributed by atoms with Crippen LogP contribution in [0.5, 0.6) is 0 Å². The molecule has 0 saturated heterocycles. The quantitative estimate of drug-likeness (QED) is 0.506. The van der Waals surface area contributed by atoms with Crippen LogP contribution in [-0.4, -0.2) is 51.0 Å². The maximum atomic E-state index is 12.3. The van der Waals surface area contributed by atoms with Crippen LogP contribution in [0.2, 0.25) is 0 Å². The van der Waals surface area contributed by atoms with E-state index in [1.807, 2.05) is 38.1 Å². The summed E-state index contributed by atoms with van der Waals surface area (Å²) in [7, 11) is 1.31. The van der Waals surface area contributed by atoms with Crippen molar-refractivity contribution in [1.29, 1.82) is 0 Å². The second kappa shape index (κ2) is 10.2. The summed E-state index contributed by atoms with van der Waals surface area (Å²) in [6.07, 6.45) is 0.517. The molecule has 0 radical (unpaired) electrons. The van der Waals surface area contributed by atoms with E-state index in [1.54, 1.807) is 4.68 Å². The molecule has 8 nitrogen and oxygen atoms in total. The zero-order chi connectivity index (χ0) is 20.7. The first-order valence-electron chi connectivity index (χ1n) is 9.20. The van der Waals surface area contributed by atoms with Crippen molar-refractivity contribution in [3.8, 4) is 5.69 Å². The molecule has 1 N–H and O–H groups in total. The number of aromatic nitrogens is 4. The number of hydrogen-bond acceptors (Lipinski definition) is 7. The minimum atomic E-state index is -0.655. The van der Waals surface area contributed by atoms with Crippen LogP contribution < -0.4 is 5.32 Å². The number of thioether (sulfide) groups is 1. The van der Waals surface area contributed by atoms with Crippen molar-refractivity contribution in [2.24, 2.45) is 5.92 Å². The number of hydrogen-bond donors (Lipinski definition) is 1. The summed E-state index contributed by atoms with van der Waals surface area (Å²) in [6.45, 7) is 8.23. The fraction of sp³-hybridized carbons (Fsp3) is 0.526. The van der Waals surface area contributed by atoms with Crippen LogP contribution in [0.25, 0.3) is 5.69 Å². The molecule has 0 saturated carbocycles. The molecule has 1 heterocycles. The number of carbonyl (C=O) groups is 2. The van der Waals surface area contributed by atoms with E-state index in [0.29, 0.717) is 17.5 Å². The standard InChI is InChI=1S/C19H27N5O3S/c1-12(2)10-16(18(26)27-5)20-17(25)11-28-19-21-22-23-24(19)15-8-6-14(7-9-15)13(3)4/h6-9,12-13,16H,10-11H2,1-5H3,(H,20,25)/t16-/m1/s1. The zero-order valence-corrected chi connectivity index (χ0v) is 17.7. The van der Waals surface area contributed by atoms with Gasteiger partial charge in [0.2, 0.25) is 11.1 Å². The normalized spacial score (nSPS) is 12.2. The SMILES string of the molecule is COC(=O)[C@@H](CC(C)C)NC(=O)CSc1nnnn1-c1ccc(C(C)C)cc1. The van der Waals surface area contributed by atoms with Gasteiger partial charge < -0.3 is 10.1 Å². The van der Waals surface area contributed by atoms with E-state index in [9.17, 15) is 9.59 Å².